The van der Waals surface area contributed by atoms with E-state index in [-0.39, 0.29) is 16.0 Å². The van der Waals surface area contributed by atoms with Crippen LogP contribution in [0.15, 0.2) is 29.2 Å². The summed E-state index contributed by atoms with van der Waals surface area (Å²) in [6, 6.07) is 4.67. The highest BCUT2D eigenvalue weighted by molar-refractivity contribution is 7.92. The van der Waals surface area contributed by atoms with Crippen LogP contribution >= 0.6 is 0 Å². The number of benzene rings is 1. The molecule has 1 aromatic carbocycles. The number of nitro groups is 1. The molecule has 0 radical (unpaired) electrons. The van der Waals surface area contributed by atoms with Crippen molar-refractivity contribution in [2.45, 2.75) is 55.6 Å². The van der Waals surface area contributed by atoms with Gasteiger partial charge in [0.15, 0.2) is 9.84 Å². The van der Waals surface area contributed by atoms with Gasteiger partial charge in [-0.3, -0.25) is 14.9 Å². The van der Waals surface area contributed by atoms with Gasteiger partial charge in [-0.25, -0.2) is 8.42 Å². The summed E-state index contributed by atoms with van der Waals surface area (Å²) >= 11 is 0. The van der Waals surface area contributed by atoms with Gasteiger partial charge in [-0.05, 0) is 80.8 Å². The average Bonchev–Trinajstić information content (AvgIpc) is 2.64. The second kappa shape index (κ2) is 6.83. The lowest BCUT2D eigenvalue weighted by atomic mass is 9.49. The van der Waals surface area contributed by atoms with Crippen molar-refractivity contribution >= 4 is 21.4 Å². The molecule has 1 N–H and O–H groups in total. The van der Waals surface area contributed by atoms with E-state index < -0.39 is 25.9 Å². The predicted molar refractivity (Wildman–Crippen MR) is 103 cm³/mol. The van der Waals surface area contributed by atoms with Gasteiger partial charge < -0.3 is 5.32 Å². The molecule has 8 heteroatoms. The molecule has 0 unspecified atom stereocenters. The maximum absolute atomic E-state index is 12.7. The van der Waals surface area contributed by atoms with Crippen LogP contribution in [0.1, 0.15) is 45.4 Å². The molecule has 4 aliphatic carbocycles. The van der Waals surface area contributed by atoms with Crippen molar-refractivity contribution in [1.29, 1.82) is 0 Å². The molecule has 4 saturated carbocycles. The van der Waals surface area contributed by atoms with Crippen molar-refractivity contribution in [3.63, 3.8) is 0 Å². The molecule has 1 amide bonds. The summed E-state index contributed by atoms with van der Waals surface area (Å²) in [6.45, 7) is 1.93. The molecule has 152 valence electrons. The molecule has 1 aromatic rings. The van der Waals surface area contributed by atoms with Crippen LogP contribution < -0.4 is 5.32 Å². The lowest BCUT2D eigenvalue weighted by Gasteiger charge is -2.57. The molecule has 4 aliphatic rings. The smallest absolute Gasteiger partial charge is 0.269 e. The molecule has 0 spiro atoms. The normalized spacial score (nSPS) is 32.1. The Morgan fingerprint density at radius 3 is 2.11 bits per heavy atom. The number of hydrogen-bond donors (Lipinski definition) is 1. The molecule has 4 bridgehead atoms. The van der Waals surface area contributed by atoms with Crippen LogP contribution in [0.3, 0.4) is 0 Å². The standard InChI is InChI=1S/C20H26N2O5S/c1-13(28(26,27)18-4-2-17(3-5-18)22(24)25)19(23)21-12-20-9-14-6-15(10-20)8-16(7-14)11-20/h2-5,13-16H,6-12H2,1H3,(H,21,23)/t13-,14?,15?,16?,20?/m1/s1. The Morgan fingerprint density at radius 1 is 1.14 bits per heavy atom. The summed E-state index contributed by atoms with van der Waals surface area (Å²) in [4.78, 5) is 22.7. The lowest BCUT2D eigenvalue weighted by Crippen LogP contribution is -2.52. The van der Waals surface area contributed by atoms with Gasteiger partial charge in [-0.15, -0.1) is 0 Å². The second-order valence-corrected chi connectivity index (χ2v) is 11.3. The van der Waals surface area contributed by atoms with Gasteiger partial charge in [0.2, 0.25) is 5.91 Å². The van der Waals surface area contributed by atoms with Crippen LogP contribution in [0.25, 0.3) is 0 Å². The number of nitrogens with zero attached hydrogens (tertiary/aromatic N) is 1. The van der Waals surface area contributed by atoms with E-state index in [0.717, 1.165) is 49.1 Å². The molecular weight excluding hydrogens is 380 g/mol. The molecular formula is C20H26N2O5S. The van der Waals surface area contributed by atoms with Gasteiger partial charge >= 0.3 is 0 Å². The van der Waals surface area contributed by atoms with Crippen molar-refractivity contribution < 1.29 is 18.1 Å². The van der Waals surface area contributed by atoms with E-state index in [9.17, 15) is 23.3 Å². The summed E-state index contributed by atoms with van der Waals surface area (Å²) in [5.74, 6) is 1.81. The Hall–Kier alpha value is -1.96. The number of amides is 1. The van der Waals surface area contributed by atoms with Crippen LogP contribution in [0.2, 0.25) is 0 Å². The van der Waals surface area contributed by atoms with E-state index in [1.807, 2.05) is 0 Å². The minimum absolute atomic E-state index is 0.0736. The summed E-state index contributed by atoms with van der Waals surface area (Å²) in [5, 5.41) is 12.4. The van der Waals surface area contributed by atoms with Crippen molar-refractivity contribution in [3.8, 4) is 0 Å². The largest absolute Gasteiger partial charge is 0.354 e. The van der Waals surface area contributed by atoms with Crippen molar-refractivity contribution in [2.75, 3.05) is 6.54 Å². The highest BCUT2D eigenvalue weighted by atomic mass is 32.2. The minimum Gasteiger partial charge on any atom is -0.354 e. The zero-order valence-corrected chi connectivity index (χ0v) is 16.8. The molecule has 0 heterocycles. The van der Waals surface area contributed by atoms with E-state index >= 15 is 0 Å². The fraction of sp³-hybridized carbons (Fsp3) is 0.650. The number of non-ortho nitro benzene ring substituents is 1. The zero-order valence-electron chi connectivity index (χ0n) is 16.0. The number of nitrogens with one attached hydrogen (secondary N) is 1. The van der Waals surface area contributed by atoms with Crippen molar-refractivity contribution in [1.82, 2.24) is 5.32 Å². The minimum atomic E-state index is -3.89. The van der Waals surface area contributed by atoms with Gasteiger partial charge in [0.1, 0.15) is 5.25 Å². The van der Waals surface area contributed by atoms with E-state index in [2.05, 4.69) is 5.32 Å². The van der Waals surface area contributed by atoms with E-state index in [1.54, 1.807) is 0 Å². The number of carbonyl (C=O) groups is 1. The quantitative estimate of drug-likeness (QED) is 0.577. The Kier molecular flexibility index (Phi) is 4.72. The molecule has 0 saturated heterocycles. The first-order valence-electron chi connectivity index (χ1n) is 9.95. The maximum Gasteiger partial charge on any atom is 0.269 e. The molecule has 7 nitrogen and oxygen atoms in total. The Labute approximate surface area is 165 Å². The van der Waals surface area contributed by atoms with Gasteiger partial charge in [-0.1, -0.05) is 0 Å². The van der Waals surface area contributed by atoms with Crippen LogP contribution in [0, 0.1) is 33.3 Å². The zero-order chi connectivity index (χ0) is 20.1. The fourth-order valence-electron chi connectivity index (χ4n) is 6.03. The van der Waals surface area contributed by atoms with Gasteiger partial charge in [-0.2, -0.15) is 0 Å². The third kappa shape index (κ3) is 3.43. The topological polar surface area (TPSA) is 106 Å². The Morgan fingerprint density at radius 2 is 1.64 bits per heavy atom. The third-order valence-electron chi connectivity index (χ3n) is 7.01. The number of nitro benzene ring substituents is 1. The molecule has 0 aliphatic heterocycles. The van der Waals surface area contributed by atoms with E-state index in [0.29, 0.717) is 6.54 Å². The highest BCUT2D eigenvalue weighted by Crippen LogP contribution is 2.59. The summed E-state index contributed by atoms with van der Waals surface area (Å²) in [7, 11) is -3.89. The van der Waals surface area contributed by atoms with Crippen LogP contribution in [0.4, 0.5) is 5.69 Å². The number of hydrogen-bond acceptors (Lipinski definition) is 5. The summed E-state index contributed by atoms with van der Waals surface area (Å²) < 4.78 is 25.5. The van der Waals surface area contributed by atoms with Crippen LogP contribution in [0.5, 0.6) is 0 Å². The first kappa shape index (κ1) is 19.4. The monoisotopic (exact) mass is 406 g/mol. The first-order valence-corrected chi connectivity index (χ1v) is 11.5. The molecule has 1 atom stereocenters. The predicted octanol–water partition coefficient (Wildman–Crippen LogP) is 3.09. The molecule has 4 fully saturated rings. The average molecular weight is 407 g/mol. The number of rotatable bonds is 6. The first-order chi connectivity index (χ1) is 13.2. The number of sulfone groups is 1. The molecule has 28 heavy (non-hydrogen) atoms. The van der Waals surface area contributed by atoms with Gasteiger partial charge in [0.25, 0.3) is 5.69 Å². The number of carbonyl (C=O) groups excluding carboxylic acids is 1. The molecule has 5 rings (SSSR count). The molecule has 0 aromatic heterocycles. The van der Waals surface area contributed by atoms with E-state index in [1.165, 1.54) is 38.3 Å². The van der Waals surface area contributed by atoms with Gasteiger partial charge in [0, 0.05) is 18.7 Å². The maximum atomic E-state index is 12.7. The SMILES string of the molecule is C[C@H](C(=O)NCC12CC3CC(CC(C3)C1)C2)S(=O)(=O)c1ccc([N+](=O)[O-])cc1. The van der Waals surface area contributed by atoms with Crippen LogP contribution in [-0.4, -0.2) is 31.0 Å². The lowest BCUT2D eigenvalue weighted by molar-refractivity contribution is -0.384. The highest BCUT2D eigenvalue weighted by Gasteiger charge is 2.51. The Bertz CT molecular complexity index is 858. The van der Waals surface area contributed by atoms with Crippen LogP contribution in [-0.2, 0) is 14.6 Å². The van der Waals surface area contributed by atoms with Crippen molar-refractivity contribution in [2.24, 2.45) is 23.2 Å². The summed E-state index contributed by atoms with van der Waals surface area (Å²) in [6.07, 6.45) is 7.38. The Balaban J connectivity index is 1.42. The van der Waals surface area contributed by atoms with Crippen molar-refractivity contribution in [3.05, 3.63) is 34.4 Å². The second-order valence-electron chi connectivity index (χ2n) is 9.07. The fourth-order valence-corrected chi connectivity index (χ4v) is 7.32. The summed E-state index contributed by atoms with van der Waals surface area (Å²) in [5.41, 5.74) is -0.0424. The van der Waals surface area contributed by atoms with Gasteiger partial charge in [0.05, 0.1) is 9.82 Å². The third-order valence-corrected chi connectivity index (χ3v) is 9.09. The van der Waals surface area contributed by atoms with E-state index in [4.69, 9.17) is 0 Å².